The molecule has 0 bridgehead atoms. The van der Waals surface area contributed by atoms with E-state index in [1.807, 2.05) is 4.90 Å². The molecule has 0 amide bonds. The molecule has 0 radical (unpaired) electrons. The van der Waals surface area contributed by atoms with Crippen LogP contribution in [0.1, 0.15) is 0 Å². The van der Waals surface area contributed by atoms with Crippen LogP contribution in [-0.4, -0.2) is 36.2 Å². The van der Waals surface area contributed by atoms with Gasteiger partial charge in [-0.1, -0.05) is 11.6 Å². The SMILES string of the molecule is O=[N+]([O-])c1ncc(N2CCOCC2)cc1Cl. The Kier molecular flexibility index (Phi) is 3.21. The smallest absolute Gasteiger partial charge is 0.378 e. The minimum Gasteiger partial charge on any atom is -0.378 e. The highest BCUT2D eigenvalue weighted by molar-refractivity contribution is 6.32. The van der Waals surface area contributed by atoms with Gasteiger partial charge in [-0.25, -0.2) is 0 Å². The van der Waals surface area contributed by atoms with Crippen LogP contribution in [0.4, 0.5) is 11.5 Å². The van der Waals surface area contributed by atoms with Gasteiger partial charge in [-0.2, -0.15) is 0 Å². The maximum Gasteiger partial charge on any atom is 0.382 e. The van der Waals surface area contributed by atoms with Crippen LogP contribution >= 0.6 is 11.6 Å². The van der Waals surface area contributed by atoms with Gasteiger partial charge in [0.1, 0.15) is 5.02 Å². The number of ether oxygens (including phenoxy) is 1. The zero-order valence-electron chi connectivity index (χ0n) is 8.43. The second-order valence-corrected chi connectivity index (χ2v) is 3.76. The maximum atomic E-state index is 10.5. The fourth-order valence-corrected chi connectivity index (χ4v) is 1.78. The molecule has 0 aromatic carbocycles. The molecule has 0 unspecified atom stereocenters. The lowest BCUT2D eigenvalue weighted by Gasteiger charge is -2.27. The van der Waals surface area contributed by atoms with E-state index >= 15 is 0 Å². The van der Waals surface area contributed by atoms with Crippen molar-refractivity contribution in [1.82, 2.24) is 4.98 Å². The number of rotatable bonds is 2. The van der Waals surface area contributed by atoms with Crippen molar-refractivity contribution in [3.8, 4) is 0 Å². The summed E-state index contributed by atoms with van der Waals surface area (Å²) in [5.41, 5.74) is 0.791. The van der Waals surface area contributed by atoms with Crippen LogP contribution in [0, 0.1) is 10.1 Å². The van der Waals surface area contributed by atoms with Crippen molar-refractivity contribution in [3.05, 3.63) is 27.4 Å². The summed E-state index contributed by atoms with van der Waals surface area (Å²) >= 11 is 5.78. The quantitative estimate of drug-likeness (QED) is 0.581. The van der Waals surface area contributed by atoms with Gasteiger partial charge in [0, 0.05) is 13.1 Å². The fourth-order valence-electron chi connectivity index (χ4n) is 1.55. The number of nitrogens with zero attached hydrogens (tertiary/aromatic N) is 3. The number of pyridine rings is 1. The lowest BCUT2D eigenvalue weighted by atomic mass is 10.3. The lowest BCUT2D eigenvalue weighted by Crippen LogP contribution is -2.36. The Morgan fingerprint density at radius 1 is 1.50 bits per heavy atom. The molecule has 1 aliphatic heterocycles. The van der Waals surface area contributed by atoms with E-state index in [1.54, 1.807) is 6.07 Å². The number of nitro groups is 1. The summed E-state index contributed by atoms with van der Waals surface area (Å²) in [6.07, 6.45) is 1.47. The van der Waals surface area contributed by atoms with Crippen molar-refractivity contribution >= 4 is 23.1 Å². The lowest BCUT2D eigenvalue weighted by molar-refractivity contribution is -0.389. The fraction of sp³-hybridized carbons (Fsp3) is 0.444. The molecule has 1 saturated heterocycles. The molecule has 2 heterocycles. The van der Waals surface area contributed by atoms with E-state index < -0.39 is 4.92 Å². The summed E-state index contributed by atoms with van der Waals surface area (Å²) in [6.45, 7) is 2.79. The van der Waals surface area contributed by atoms with Crippen molar-refractivity contribution in [2.24, 2.45) is 0 Å². The van der Waals surface area contributed by atoms with Crippen LogP contribution in [0.15, 0.2) is 12.3 Å². The average Bonchev–Trinajstić information content (AvgIpc) is 2.29. The molecule has 0 saturated carbocycles. The van der Waals surface area contributed by atoms with Crippen LogP contribution in [0.3, 0.4) is 0 Å². The number of anilines is 1. The highest BCUT2D eigenvalue weighted by Gasteiger charge is 2.18. The second-order valence-electron chi connectivity index (χ2n) is 3.36. The van der Waals surface area contributed by atoms with Crippen molar-refractivity contribution < 1.29 is 9.66 Å². The zero-order chi connectivity index (χ0) is 11.5. The predicted octanol–water partition coefficient (Wildman–Crippen LogP) is 1.48. The molecule has 1 aromatic rings. The number of hydrogen-bond acceptors (Lipinski definition) is 5. The van der Waals surface area contributed by atoms with Crippen molar-refractivity contribution in [2.45, 2.75) is 0 Å². The molecule has 86 valence electrons. The molecule has 0 spiro atoms. The van der Waals surface area contributed by atoms with E-state index in [0.717, 1.165) is 18.8 Å². The monoisotopic (exact) mass is 243 g/mol. The molecule has 1 aliphatic rings. The molecule has 0 N–H and O–H groups in total. The predicted molar refractivity (Wildman–Crippen MR) is 58.9 cm³/mol. The molecular weight excluding hydrogens is 234 g/mol. The molecule has 2 rings (SSSR count). The zero-order valence-corrected chi connectivity index (χ0v) is 9.18. The Balaban J connectivity index is 2.23. The van der Waals surface area contributed by atoms with Crippen LogP contribution < -0.4 is 4.90 Å². The normalized spacial score (nSPS) is 16.2. The maximum absolute atomic E-state index is 10.5. The van der Waals surface area contributed by atoms with Crippen LogP contribution in [0.5, 0.6) is 0 Å². The van der Waals surface area contributed by atoms with Gasteiger partial charge >= 0.3 is 5.82 Å². The highest BCUT2D eigenvalue weighted by Crippen LogP contribution is 2.26. The molecular formula is C9H10ClN3O3. The molecule has 1 fully saturated rings. The van der Waals surface area contributed by atoms with Crippen molar-refractivity contribution in [1.29, 1.82) is 0 Å². The van der Waals surface area contributed by atoms with Crippen LogP contribution in [0.2, 0.25) is 5.02 Å². The third-order valence-electron chi connectivity index (χ3n) is 2.36. The molecule has 7 heteroatoms. The third kappa shape index (κ3) is 2.23. The Morgan fingerprint density at radius 2 is 2.19 bits per heavy atom. The molecule has 1 aromatic heterocycles. The van der Waals surface area contributed by atoms with Gasteiger partial charge in [0.15, 0.2) is 6.20 Å². The van der Waals surface area contributed by atoms with E-state index in [9.17, 15) is 10.1 Å². The Bertz CT molecular complexity index is 407. The minimum atomic E-state index is -0.592. The summed E-state index contributed by atoms with van der Waals surface area (Å²) in [5, 5.41) is 10.6. The number of aromatic nitrogens is 1. The Labute approximate surface area is 96.9 Å². The number of halogens is 1. The van der Waals surface area contributed by atoms with Gasteiger partial charge in [0.05, 0.1) is 18.9 Å². The van der Waals surface area contributed by atoms with E-state index in [-0.39, 0.29) is 10.8 Å². The van der Waals surface area contributed by atoms with E-state index in [2.05, 4.69) is 4.98 Å². The summed E-state index contributed by atoms with van der Waals surface area (Å²) in [7, 11) is 0. The Hall–Kier alpha value is -1.40. The summed E-state index contributed by atoms with van der Waals surface area (Å²) < 4.78 is 5.21. The first-order valence-electron chi connectivity index (χ1n) is 4.81. The Morgan fingerprint density at radius 3 is 2.75 bits per heavy atom. The largest absolute Gasteiger partial charge is 0.382 e. The van der Waals surface area contributed by atoms with Crippen LogP contribution in [-0.2, 0) is 4.74 Å². The van der Waals surface area contributed by atoms with Gasteiger partial charge in [-0.3, -0.25) is 0 Å². The van der Waals surface area contributed by atoms with Gasteiger partial charge in [0.2, 0.25) is 0 Å². The van der Waals surface area contributed by atoms with Crippen molar-refractivity contribution in [2.75, 3.05) is 31.2 Å². The van der Waals surface area contributed by atoms with Gasteiger partial charge in [-0.15, -0.1) is 0 Å². The summed E-state index contributed by atoms with van der Waals surface area (Å²) in [5.74, 6) is -0.307. The second kappa shape index (κ2) is 4.63. The van der Waals surface area contributed by atoms with E-state index in [0.29, 0.717) is 13.2 Å². The van der Waals surface area contributed by atoms with Crippen LogP contribution in [0.25, 0.3) is 0 Å². The molecule has 16 heavy (non-hydrogen) atoms. The van der Waals surface area contributed by atoms with E-state index in [1.165, 1.54) is 6.20 Å². The first kappa shape index (κ1) is 11.1. The third-order valence-corrected chi connectivity index (χ3v) is 2.63. The number of hydrogen-bond donors (Lipinski definition) is 0. The summed E-state index contributed by atoms with van der Waals surface area (Å²) in [4.78, 5) is 15.7. The molecule has 6 nitrogen and oxygen atoms in total. The highest BCUT2D eigenvalue weighted by atomic mass is 35.5. The average molecular weight is 244 g/mol. The van der Waals surface area contributed by atoms with Gasteiger partial charge < -0.3 is 19.8 Å². The molecule has 0 aliphatic carbocycles. The first-order chi connectivity index (χ1) is 7.68. The van der Waals surface area contributed by atoms with Crippen molar-refractivity contribution in [3.63, 3.8) is 0 Å². The standard InChI is InChI=1S/C9H10ClN3O3/c10-8-5-7(6-11-9(8)13(14)15)12-1-3-16-4-2-12/h5-6H,1-4H2. The van der Waals surface area contributed by atoms with Gasteiger partial charge in [-0.05, 0) is 16.0 Å². The number of morpholine rings is 1. The summed E-state index contributed by atoms with van der Waals surface area (Å²) in [6, 6.07) is 1.57. The molecule has 0 atom stereocenters. The first-order valence-corrected chi connectivity index (χ1v) is 5.19. The topological polar surface area (TPSA) is 68.5 Å². The minimum absolute atomic E-state index is 0.0639. The van der Waals surface area contributed by atoms with Gasteiger partial charge in [0.25, 0.3) is 0 Å². The van der Waals surface area contributed by atoms with E-state index in [4.69, 9.17) is 16.3 Å².